The first-order valence-corrected chi connectivity index (χ1v) is 8.72. The zero-order valence-electron chi connectivity index (χ0n) is 14.1. The van der Waals surface area contributed by atoms with E-state index in [2.05, 4.69) is 31.2 Å². The van der Waals surface area contributed by atoms with Crippen LogP contribution in [0.4, 0.5) is 14.6 Å². The van der Waals surface area contributed by atoms with Crippen LogP contribution in [0, 0.1) is 6.92 Å². The molecule has 0 aliphatic carbocycles. The van der Waals surface area contributed by atoms with E-state index in [4.69, 9.17) is 0 Å². The number of aromatic nitrogens is 2. The van der Waals surface area contributed by atoms with Gasteiger partial charge < -0.3 is 5.32 Å². The lowest BCUT2D eigenvalue weighted by molar-refractivity contribution is 0.0174. The number of anilines is 1. The van der Waals surface area contributed by atoms with Gasteiger partial charge in [0.15, 0.2) is 0 Å². The van der Waals surface area contributed by atoms with E-state index in [9.17, 15) is 8.78 Å². The molecule has 0 aliphatic rings. The number of benzene rings is 2. The highest BCUT2D eigenvalue weighted by Gasteiger charge is 2.24. The van der Waals surface area contributed by atoms with Crippen LogP contribution < -0.4 is 5.32 Å². The van der Waals surface area contributed by atoms with E-state index < -0.39 is 5.92 Å². The molecular formula is C19H18BrF2N3. The molecule has 0 radical (unpaired) electrons. The van der Waals surface area contributed by atoms with E-state index >= 15 is 0 Å². The molecule has 25 heavy (non-hydrogen) atoms. The number of fused-ring (bicyclic) bond motifs is 1. The number of nitrogens with zero attached hydrogens (tertiary/aromatic N) is 2. The Morgan fingerprint density at radius 3 is 2.60 bits per heavy atom. The monoisotopic (exact) mass is 405 g/mol. The molecule has 1 aromatic heterocycles. The third kappa shape index (κ3) is 3.95. The summed E-state index contributed by atoms with van der Waals surface area (Å²) in [6.45, 7) is 4.66. The van der Waals surface area contributed by atoms with E-state index in [1.54, 1.807) is 6.07 Å². The number of hydrogen-bond donors (Lipinski definition) is 1. The second kappa shape index (κ2) is 6.67. The van der Waals surface area contributed by atoms with Crippen LogP contribution in [0.3, 0.4) is 0 Å². The van der Waals surface area contributed by atoms with Crippen LogP contribution in [0.15, 0.2) is 46.9 Å². The molecule has 2 aromatic carbocycles. The fourth-order valence-electron chi connectivity index (χ4n) is 2.70. The summed E-state index contributed by atoms with van der Waals surface area (Å²) in [6.07, 6.45) is 0. The van der Waals surface area contributed by atoms with Crippen LogP contribution in [-0.2, 0) is 5.92 Å². The molecule has 3 nitrogen and oxygen atoms in total. The molecule has 1 atom stereocenters. The first-order valence-electron chi connectivity index (χ1n) is 7.93. The standard InChI is InChI=1S/C19H18BrF2N3/c1-11(13-5-4-6-14(9-13)19(3,21)22)23-18-16-10-15(20)7-8-17(16)24-12(2)25-18/h4-11H,1-3H3,(H,23,24,25)/t11-/m1/s1. The summed E-state index contributed by atoms with van der Waals surface area (Å²) in [4.78, 5) is 8.92. The van der Waals surface area contributed by atoms with Crippen molar-refractivity contribution in [3.8, 4) is 0 Å². The molecule has 130 valence electrons. The van der Waals surface area contributed by atoms with Crippen LogP contribution in [-0.4, -0.2) is 9.97 Å². The van der Waals surface area contributed by atoms with E-state index in [-0.39, 0.29) is 11.6 Å². The van der Waals surface area contributed by atoms with Crippen LogP contribution in [0.5, 0.6) is 0 Å². The minimum absolute atomic E-state index is 0.00474. The Morgan fingerprint density at radius 2 is 1.88 bits per heavy atom. The van der Waals surface area contributed by atoms with E-state index in [1.165, 1.54) is 12.1 Å². The Morgan fingerprint density at radius 1 is 1.12 bits per heavy atom. The van der Waals surface area contributed by atoms with Gasteiger partial charge in [-0.2, -0.15) is 0 Å². The highest BCUT2D eigenvalue weighted by molar-refractivity contribution is 9.10. The molecule has 0 spiro atoms. The Kier molecular flexibility index (Phi) is 4.73. The van der Waals surface area contributed by atoms with Crippen molar-refractivity contribution in [3.05, 3.63) is 63.9 Å². The maximum absolute atomic E-state index is 13.6. The van der Waals surface area contributed by atoms with Gasteiger partial charge >= 0.3 is 0 Å². The summed E-state index contributed by atoms with van der Waals surface area (Å²) in [6, 6.07) is 12.1. The third-order valence-electron chi connectivity index (χ3n) is 4.02. The summed E-state index contributed by atoms with van der Waals surface area (Å²) in [5.74, 6) is -1.53. The summed E-state index contributed by atoms with van der Waals surface area (Å²) in [5, 5.41) is 4.21. The zero-order valence-corrected chi connectivity index (χ0v) is 15.7. The second-order valence-electron chi connectivity index (χ2n) is 6.16. The third-order valence-corrected chi connectivity index (χ3v) is 4.51. The van der Waals surface area contributed by atoms with Crippen molar-refractivity contribution in [1.82, 2.24) is 9.97 Å². The molecule has 0 saturated heterocycles. The lowest BCUT2D eigenvalue weighted by atomic mass is 10.0. The van der Waals surface area contributed by atoms with Gasteiger partial charge in [0, 0.05) is 28.4 Å². The van der Waals surface area contributed by atoms with Gasteiger partial charge in [-0.3, -0.25) is 0 Å². The van der Waals surface area contributed by atoms with Crippen molar-refractivity contribution in [2.75, 3.05) is 5.32 Å². The minimum atomic E-state index is -2.86. The Labute approximate surface area is 153 Å². The van der Waals surface area contributed by atoms with Gasteiger partial charge in [0.2, 0.25) is 0 Å². The van der Waals surface area contributed by atoms with Crippen LogP contribution in [0.1, 0.15) is 36.8 Å². The molecule has 0 aliphatic heterocycles. The normalized spacial score (nSPS) is 13.0. The zero-order chi connectivity index (χ0) is 18.2. The van der Waals surface area contributed by atoms with Gasteiger partial charge in [-0.25, -0.2) is 18.7 Å². The molecular weight excluding hydrogens is 388 g/mol. The summed E-state index contributed by atoms with van der Waals surface area (Å²) < 4.78 is 28.1. The molecule has 1 heterocycles. The maximum Gasteiger partial charge on any atom is 0.270 e. The largest absolute Gasteiger partial charge is 0.363 e. The number of aryl methyl sites for hydroxylation is 1. The maximum atomic E-state index is 13.6. The van der Waals surface area contributed by atoms with Crippen molar-refractivity contribution in [2.45, 2.75) is 32.7 Å². The average Bonchev–Trinajstić information content (AvgIpc) is 2.55. The first-order chi connectivity index (χ1) is 11.7. The highest BCUT2D eigenvalue weighted by Crippen LogP contribution is 2.31. The Hall–Kier alpha value is -2.08. The fourth-order valence-corrected chi connectivity index (χ4v) is 3.06. The summed E-state index contributed by atoms with van der Waals surface area (Å²) in [7, 11) is 0. The molecule has 0 unspecified atom stereocenters. The molecule has 3 rings (SSSR count). The van der Waals surface area contributed by atoms with Crippen LogP contribution >= 0.6 is 15.9 Å². The Balaban J connectivity index is 1.97. The van der Waals surface area contributed by atoms with Gasteiger partial charge in [0.1, 0.15) is 11.6 Å². The van der Waals surface area contributed by atoms with Crippen LogP contribution in [0.2, 0.25) is 0 Å². The van der Waals surface area contributed by atoms with Crippen molar-refractivity contribution < 1.29 is 8.78 Å². The molecule has 1 N–H and O–H groups in total. The lowest BCUT2D eigenvalue weighted by Gasteiger charge is -2.19. The minimum Gasteiger partial charge on any atom is -0.363 e. The fraction of sp³-hybridized carbons (Fsp3) is 0.263. The van der Waals surface area contributed by atoms with Gasteiger partial charge in [-0.05, 0) is 43.7 Å². The van der Waals surface area contributed by atoms with Crippen LogP contribution in [0.25, 0.3) is 10.9 Å². The van der Waals surface area contributed by atoms with Gasteiger partial charge in [-0.1, -0.05) is 34.1 Å². The van der Waals surface area contributed by atoms with Crippen molar-refractivity contribution in [1.29, 1.82) is 0 Å². The van der Waals surface area contributed by atoms with E-state index in [1.807, 2.05) is 38.1 Å². The summed E-state index contributed by atoms with van der Waals surface area (Å²) >= 11 is 3.46. The van der Waals surface area contributed by atoms with Gasteiger partial charge in [0.05, 0.1) is 5.52 Å². The molecule has 0 bridgehead atoms. The van der Waals surface area contributed by atoms with E-state index in [0.717, 1.165) is 27.9 Å². The Bertz CT molecular complexity index is 922. The number of hydrogen-bond acceptors (Lipinski definition) is 3. The molecule has 0 fully saturated rings. The van der Waals surface area contributed by atoms with Crippen molar-refractivity contribution >= 4 is 32.7 Å². The summed E-state index contributed by atoms with van der Waals surface area (Å²) in [5.41, 5.74) is 1.61. The molecule has 0 amide bonds. The molecule has 6 heteroatoms. The number of halogens is 3. The van der Waals surface area contributed by atoms with Crippen molar-refractivity contribution in [3.63, 3.8) is 0 Å². The highest BCUT2D eigenvalue weighted by atomic mass is 79.9. The average molecular weight is 406 g/mol. The number of rotatable bonds is 4. The predicted octanol–water partition coefficient (Wildman–Crippen LogP) is 5.99. The first kappa shape index (κ1) is 17.7. The van der Waals surface area contributed by atoms with Gasteiger partial charge in [0.25, 0.3) is 5.92 Å². The number of alkyl halides is 2. The van der Waals surface area contributed by atoms with Gasteiger partial charge in [-0.15, -0.1) is 0 Å². The quantitative estimate of drug-likeness (QED) is 0.579. The molecule has 3 aromatic rings. The molecule has 0 saturated carbocycles. The number of nitrogens with one attached hydrogen (secondary N) is 1. The second-order valence-corrected chi connectivity index (χ2v) is 7.08. The lowest BCUT2D eigenvalue weighted by Crippen LogP contribution is -2.12. The predicted molar refractivity (Wildman–Crippen MR) is 100 cm³/mol. The van der Waals surface area contributed by atoms with E-state index in [0.29, 0.717) is 11.6 Å². The SMILES string of the molecule is Cc1nc(N[C@H](C)c2cccc(C(C)(F)F)c2)c2cc(Br)ccc2n1. The van der Waals surface area contributed by atoms with Crippen molar-refractivity contribution in [2.24, 2.45) is 0 Å². The smallest absolute Gasteiger partial charge is 0.270 e. The topological polar surface area (TPSA) is 37.8 Å².